The molecule has 0 radical (unpaired) electrons. The topological polar surface area (TPSA) is 99.8 Å². The Labute approximate surface area is 142 Å². The highest BCUT2D eigenvalue weighted by Crippen LogP contribution is 2.17. The lowest BCUT2D eigenvalue weighted by Gasteiger charge is -2.17. The van der Waals surface area contributed by atoms with Gasteiger partial charge in [0, 0.05) is 11.4 Å². The van der Waals surface area contributed by atoms with Crippen molar-refractivity contribution in [2.45, 2.75) is 13.0 Å². The highest BCUT2D eigenvalue weighted by atomic mass is 32.1. The number of amides is 2. The van der Waals surface area contributed by atoms with E-state index in [9.17, 15) is 9.59 Å². The van der Waals surface area contributed by atoms with Gasteiger partial charge in [-0.2, -0.15) is 5.10 Å². The molecule has 0 spiro atoms. The van der Waals surface area contributed by atoms with Crippen LogP contribution in [-0.2, 0) is 4.79 Å². The average molecular weight is 341 g/mol. The summed E-state index contributed by atoms with van der Waals surface area (Å²) in [6.07, 6.45) is 1.53. The third kappa shape index (κ3) is 3.66. The molecule has 0 aliphatic rings. The second-order valence-corrected chi connectivity index (χ2v) is 6.09. The zero-order chi connectivity index (χ0) is 16.9. The summed E-state index contributed by atoms with van der Waals surface area (Å²) in [5, 5.41) is 14.3. The van der Waals surface area contributed by atoms with E-state index in [1.807, 2.05) is 25.1 Å². The molecule has 1 atom stereocenters. The normalized spacial score (nSPS) is 11.7. The molecule has 0 fully saturated rings. The number of hydrogen-bond acceptors (Lipinski definition) is 5. The molecule has 0 aliphatic heterocycles. The van der Waals surface area contributed by atoms with Crippen LogP contribution in [0.25, 0.3) is 0 Å². The molecule has 0 saturated heterocycles. The van der Waals surface area contributed by atoms with Gasteiger partial charge in [-0.1, -0.05) is 30.3 Å². The summed E-state index contributed by atoms with van der Waals surface area (Å²) in [6.45, 7) is 1.82. The molecule has 2 heterocycles. The fourth-order valence-electron chi connectivity index (χ4n) is 2.15. The summed E-state index contributed by atoms with van der Waals surface area (Å²) in [6, 6.07) is 9.82. The van der Waals surface area contributed by atoms with E-state index in [2.05, 4.69) is 25.8 Å². The molecule has 3 rings (SSSR count). The lowest BCUT2D eigenvalue weighted by Crippen LogP contribution is -2.37. The third-order valence-electron chi connectivity index (χ3n) is 3.28. The molecule has 122 valence electrons. The van der Waals surface area contributed by atoms with E-state index < -0.39 is 11.9 Å². The van der Waals surface area contributed by atoms with Crippen molar-refractivity contribution >= 4 is 29.0 Å². The van der Waals surface area contributed by atoms with E-state index in [1.54, 1.807) is 23.6 Å². The molecule has 8 heteroatoms. The summed E-state index contributed by atoms with van der Waals surface area (Å²) < 4.78 is 0. The number of carbonyl (C=O) groups is 2. The van der Waals surface area contributed by atoms with Gasteiger partial charge in [-0.25, -0.2) is 4.98 Å². The third-order valence-corrected chi connectivity index (χ3v) is 4.05. The van der Waals surface area contributed by atoms with Crippen LogP contribution < -0.4 is 10.6 Å². The molecule has 3 N–H and O–H groups in total. The van der Waals surface area contributed by atoms with Crippen molar-refractivity contribution in [3.8, 4) is 0 Å². The van der Waals surface area contributed by atoms with Crippen LogP contribution in [0.15, 0.2) is 48.0 Å². The van der Waals surface area contributed by atoms with Crippen molar-refractivity contribution in [2.75, 3.05) is 5.32 Å². The van der Waals surface area contributed by atoms with Gasteiger partial charge in [-0.15, -0.1) is 11.3 Å². The predicted octanol–water partition coefficient (Wildman–Crippen LogP) is 2.28. The molecule has 0 unspecified atom stereocenters. The summed E-state index contributed by atoms with van der Waals surface area (Å²) in [5.41, 5.74) is 0.975. The Balaban J connectivity index is 1.82. The predicted molar refractivity (Wildman–Crippen MR) is 90.7 cm³/mol. The maximum Gasteiger partial charge on any atom is 0.271 e. The standard InChI is InChI=1S/C16H15N5O2S/c1-10-18-12(9-24-10)15(22)20-14(11-5-3-2-4-6-11)16(23)19-13-7-8-17-21-13/h2-9,14H,1H3,(H,20,22)(H2,17,19,21,23)/t14-/m1/s1. The number of aromatic amines is 1. The van der Waals surface area contributed by atoms with E-state index in [0.717, 1.165) is 5.01 Å². The van der Waals surface area contributed by atoms with Crippen molar-refractivity contribution in [1.29, 1.82) is 0 Å². The van der Waals surface area contributed by atoms with Gasteiger partial charge in [0.05, 0.1) is 11.2 Å². The number of anilines is 1. The SMILES string of the molecule is Cc1nc(C(=O)N[C@@H](C(=O)Nc2ccn[nH]2)c2ccccc2)cs1. The van der Waals surface area contributed by atoms with Gasteiger partial charge >= 0.3 is 0 Å². The van der Waals surface area contributed by atoms with Gasteiger partial charge in [-0.05, 0) is 12.5 Å². The number of rotatable bonds is 5. The number of nitrogens with zero attached hydrogens (tertiary/aromatic N) is 2. The first kappa shape index (κ1) is 15.9. The Hall–Kier alpha value is -3.00. The summed E-state index contributed by atoms with van der Waals surface area (Å²) in [7, 11) is 0. The smallest absolute Gasteiger partial charge is 0.271 e. The van der Waals surface area contributed by atoms with Gasteiger partial charge in [-0.3, -0.25) is 14.7 Å². The number of carbonyl (C=O) groups excluding carboxylic acids is 2. The van der Waals surface area contributed by atoms with Crippen molar-refractivity contribution in [3.63, 3.8) is 0 Å². The number of nitrogens with one attached hydrogen (secondary N) is 3. The second kappa shape index (κ2) is 7.05. The maximum atomic E-state index is 12.6. The lowest BCUT2D eigenvalue weighted by atomic mass is 10.1. The number of aryl methyl sites for hydroxylation is 1. The van der Waals surface area contributed by atoms with Crippen LogP contribution in [0, 0.1) is 6.92 Å². The fourth-order valence-corrected chi connectivity index (χ4v) is 2.74. The highest BCUT2D eigenvalue weighted by Gasteiger charge is 2.24. The van der Waals surface area contributed by atoms with E-state index in [0.29, 0.717) is 17.1 Å². The average Bonchev–Trinajstić information content (AvgIpc) is 3.24. The van der Waals surface area contributed by atoms with Gasteiger partial charge < -0.3 is 10.6 Å². The molecule has 0 bridgehead atoms. The van der Waals surface area contributed by atoms with Gasteiger partial charge in [0.1, 0.15) is 17.6 Å². The Kier molecular flexibility index (Phi) is 4.66. The molecule has 1 aromatic carbocycles. The van der Waals surface area contributed by atoms with Crippen molar-refractivity contribution in [2.24, 2.45) is 0 Å². The van der Waals surface area contributed by atoms with Crippen molar-refractivity contribution in [1.82, 2.24) is 20.5 Å². The maximum absolute atomic E-state index is 12.6. The van der Waals surface area contributed by atoms with Gasteiger partial charge in [0.2, 0.25) is 0 Å². The van der Waals surface area contributed by atoms with Crippen LogP contribution in [0.1, 0.15) is 27.1 Å². The highest BCUT2D eigenvalue weighted by molar-refractivity contribution is 7.09. The summed E-state index contributed by atoms with van der Waals surface area (Å²) in [5.74, 6) is -0.307. The lowest BCUT2D eigenvalue weighted by molar-refractivity contribution is -0.118. The van der Waals surface area contributed by atoms with Crippen molar-refractivity contribution in [3.05, 3.63) is 64.2 Å². The number of aromatic nitrogens is 3. The number of hydrogen-bond donors (Lipinski definition) is 3. The Morgan fingerprint density at radius 2 is 2.00 bits per heavy atom. The monoisotopic (exact) mass is 341 g/mol. The van der Waals surface area contributed by atoms with E-state index in [-0.39, 0.29) is 5.91 Å². The molecule has 2 aromatic heterocycles. The fraction of sp³-hybridized carbons (Fsp3) is 0.125. The first-order chi connectivity index (χ1) is 11.6. The zero-order valence-corrected chi connectivity index (χ0v) is 13.6. The molecule has 0 saturated carbocycles. The Morgan fingerprint density at radius 3 is 2.62 bits per heavy atom. The molecule has 24 heavy (non-hydrogen) atoms. The van der Waals surface area contributed by atoms with Crippen LogP contribution >= 0.6 is 11.3 Å². The molecule has 7 nitrogen and oxygen atoms in total. The molecule has 0 aliphatic carbocycles. The first-order valence-corrected chi connectivity index (χ1v) is 8.09. The van der Waals surface area contributed by atoms with E-state index >= 15 is 0 Å². The van der Waals surface area contributed by atoms with Crippen molar-refractivity contribution < 1.29 is 9.59 Å². The van der Waals surface area contributed by atoms with Crippen LogP contribution in [0.4, 0.5) is 5.82 Å². The second-order valence-electron chi connectivity index (χ2n) is 5.03. The van der Waals surface area contributed by atoms with E-state index in [1.165, 1.54) is 17.5 Å². The van der Waals surface area contributed by atoms with Gasteiger partial charge in [0.25, 0.3) is 11.8 Å². The number of benzene rings is 1. The molecular formula is C16H15N5O2S. The van der Waals surface area contributed by atoms with E-state index in [4.69, 9.17) is 0 Å². The summed E-state index contributed by atoms with van der Waals surface area (Å²) >= 11 is 1.38. The quantitative estimate of drug-likeness (QED) is 0.663. The molecule has 2 amide bonds. The van der Waals surface area contributed by atoms with Crippen LogP contribution in [0.3, 0.4) is 0 Å². The number of thiazole rings is 1. The molecule has 3 aromatic rings. The molecular weight excluding hydrogens is 326 g/mol. The van der Waals surface area contributed by atoms with Crippen LogP contribution in [0.2, 0.25) is 0 Å². The Bertz CT molecular complexity index is 829. The van der Waals surface area contributed by atoms with Crippen LogP contribution in [0.5, 0.6) is 0 Å². The number of H-pyrrole nitrogens is 1. The Morgan fingerprint density at radius 1 is 1.21 bits per heavy atom. The van der Waals surface area contributed by atoms with Crippen LogP contribution in [-0.4, -0.2) is 27.0 Å². The first-order valence-electron chi connectivity index (χ1n) is 7.21. The largest absolute Gasteiger partial charge is 0.335 e. The minimum absolute atomic E-state index is 0.299. The van der Waals surface area contributed by atoms with Gasteiger partial charge in [0.15, 0.2) is 0 Å². The zero-order valence-electron chi connectivity index (χ0n) is 12.8. The summed E-state index contributed by atoms with van der Waals surface area (Å²) in [4.78, 5) is 29.1. The minimum atomic E-state index is -0.844. The minimum Gasteiger partial charge on any atom is -0.335 e.